The van der Waals surface area contributed by atoms with Gasteiger partial charge in [-0.25, -0.2) is 4.39 Å². The van der Waals surface area contributed by atoms with Crippen LogP contribution in [0.2, 0.25) is 0 Å². The minimum absolute atomic E-state index is 0.0469. The molecule has 0 radical (unpaired) electrons. The molecule has 0 aromatic heterocycles. The highest BCUT2D eigenvalue weighted by molar-refractivity contribution is 6.06. The first-order valence-electron chi connectivity index (χ1n) is 6.11. The average molecular weight is 274 g/mol. The van der Waals surface area contributed by atoms with Crippen LogP contribution >= 0.6 is 0 Å². The van der Waals surface area contributed by atoms with E-state index in [1.54, 1.807) is 19.1 Å². The number of phenolic OH excluding ortho intramolecular Hbond substituents is 1. The number of hydrogen-bond acceptors (Lipinski definition) is 3. The molecule has 5 heteroatoms. The number of hydrogen-bond donors (Lipinski definition) is 3. The predicted octanol–water partition coefficient (Wildman–Crippen LogP) is 2.55. The second kappa shape index (κ2) is 5.71. The van der Waals surface area contributed by atoms with Gasteiger partial charge in [-0.15, -0.1) is 0 Å². The number of anilines is 1. The zero-order chi connectivity index (χ0) is 14.7. The van der Waals surface area contributed by atoms with E-state index < -0.39 is 11.7 Å². The number of nitrogens with one attached hydrogen (secondary N) is 1. The fraction of sp³-hybridized carbons (Fsp3) is 0.133. The summed E-state index contributed by atoms with van der Waals surface area (Å²) >= 11 is 0. The summed E-state index contributed by atoms with van der Waals surface area (Å²) in [5.74, 6) is -0.934. The Morgan fingerprint density at radius 2 is 2.10 bits per heavy atom. The van der Waals surface area contributed by atoms with Crippen LogP contribution < -0.4 is 11.1 Å². The molecule has 0 fully saturated rings. The van der Waals surface area contributed by atoms with E-state index >= 15 is 0 Å². The van der Waals surface area contributed by atoms with Crippen molar-refractivity contribution in [2.75, 3.05) is 5.32 Å². The lowest BCUT2D eigenvalue weighted by Gasteiger charge is -2.09. The molecule has 0 atom stereocenters. The van der Waals surface area contributed by atoms with Crippen molar-refractivity contribution in [3.63, 3.8) is 0 Å². The molecule has 2 aromatic rings. The van der Waals surface area contributed by atoms with Crippen molar-refractivity contribution in [3.8, 4) is 5.75 Å². The molecule has 0 saturated carbocycles. The van der Waals surface area contributed by atoms with Crippen molar-refractivity contribution in [2.45, 2.75) is 13.5 Å². The van der Waals surface area contributed by atoms with Crippen molar-refractivity contribution in [3.05, 3.63) is 58.9 Å². The number of carbonyl (C=O) groups is 1. The molecular formula is C15H15FN2O2. The first-order valence-corrected chi connectivity index (χ1v) is 6.11. The number of amides is 1. The summed E-state index contributed by atoms with van der Waals surface area (Å²) < 4.78 is 13.3. The van der Waals surface area contributed by atoms with E-state index in [0.29, 0.717) is 16.8 Å². The van der Waals surface area contributed by atoms with Gasteiger partial charge in [0.25, 0.3) is 5.91 Å². The highest BCUT2D eigenvalue weighted by Gasteiger charge is 2.13. The minimum atomic E-state index is -0.458. The zero-order valence-electron chi connectivity index (χ0n) is 11.0. The van der Waals surface area contributed by atoms with E-state index in [0.717, 1.165) is 0 Å². The molecule has 0 aliphatic carbocycles. The molecule has 0 unspecified atom stereocenters. The highest BCUT2D eigenvalue weighted by atomic mass is 19.1. The lowest BCUT2D eigenvalue weighted by Crippen LogP contribution is -2.13. The van der Waals surface area contributed by atoms with Crippen LogP contribution in [0.1, 0.15) is 21.5 Å². The van der Waals surface area contributed by atoms with Gasteiger partial charge < -0.3 is 16.2 Å². The normalized spacial score (nSPS) is 10.3. The molecule has 0 spiro atoms. The highest BCUT2D eigenvalue weighted by Crippen LogP contribution is 2.23. The molecule has 0 bridgehead atoms. The molecule has 0 heterocycles. The van der Waals surface area contributed by atoms with Gasteiger partial charge in [0.2, 0.25) is 0 Å². The van der Waals surface area contributed by atoms with Crippen LogP contribution in [0.15, 0.2) is 36.4 Å². The van der Waals surface area contributed by atoms with Crippen LogP contribution in [0.5, 0.6) is 5.75 Å². The van der Waals surface area contributed by atoms with Gasteiger partial charge in [-0.1, -0.05) is 12.1 Å². The SMILES string of the molecule is Cc1cccc(C(=O)Nc2ccc(F)c(CN)c2)c1O. The molecule has 2 aromatic carbocycles. The van der Waals surface area contributed by atoms with E-state index in [1.165, 1.54) is 24.3 Å². The van der Waals surface area contributed by atoms with Crippen molar-refractivity contribution in [1.29, 1.82) is 0 Å². The van der Waals surface area contributed by atoms with Crippen molar-refractivity contribution in [1.82, 2.24) is 0 Å². The monoisotopic (exact) mass is 274 g/mol. The minimum Gasteiger partial charge on any atom is -0.507 e. The van der Waals surface area contributed by atoms with Gasteiger partial charge in [0, 0.05) is 17.8 Å². The fourth-order valence-corrected chi connectivity index (χ4v) is 1.85. The number of benzene rings is 2. The maximum Gasteiger partial charge on any atom is 0.259 e. The number of nitrogens with two attached hydrogens (primary N) is 1. The Labute approximate surface area is 116 Å². The van der Waals surface area contributed by atoms with Gasteiger partial charge in [-0.3, -0.25) is 4.79 Å². The molecule has 20 heavy (non-hydrogen) atoms. The van der Waals surface area contributed by atoms with E-state index in [9.17, 15) is 14.3 Å². The van der Waals surface area contributed by atoms with E-state index in [2.05, 4.69) is 5.32 Å². The van der Waals surface area contributed by atoms with Gasteiger partial charge >= 0.3 is 0 Å². The summed E-state index contributed by atoms with van der Waals surface area (Å²) in [6.45, 7) is 1.75. The lowest BCUT2D eigenvalue weighted by atomic mass is 10.1. The smallest absolute Gasteiger partial charge is 0.259 e. The molecule has 0 saturated heterocycles. The Morgan fingerprint density at radius 1 is 1.35 bits per heavy atom. The molecule has 4 nitrogen and oxygen atoms in total. The standard InChI is InChI=1S/C15H15FN2O2/c1-9-3-2-4-12(14(9)19)15(20)18-11-5-6-13(16)10(7-11)8-17/h2-7,19H,8,17H2,1H3,(H,18,20). The number of carbonyl (C=O) groups excluding carboxylic acids is 1. The molecule has 2 rings (SSSR count). The first-order chi connectivity index (χ1) is 9.52. The maximum absolute atomic E-state index is 13.3. The van der Waals surface area contributed by atoms with Crippen LogP contribution in [0.4, 0.5) is 10.1 Å². The van der Waals surface area contributed by atoms with Gasteiger partial charge in [-0.2, -0.15) is 0 Å². The summed E-state index contributed by atoms with van der Waals surface area (Å²) in [6, 6.07) is 9.06. The quantitative estimate of drug-likeness (QED) is 0.805. The van der Waals surface area contributed by atoms with E-state index in [1.807, 2.05) is 0 Å². The Morgan fingerprint density at radius 3 is 2.80 bits per heavy atom. The van der Waals surface area contributed by atoms with Crippen LogP contribution in [0.3, 0.4) is 0 Å². The number of aryl methyl sites for hydroxylation is 1. The van der Waals surface area contributed by atoms with Crippen LogP contribution in [0, 0.1) is 12.7 Å². The van der Waals surface area contributed by atoms with Gasteiger partial charge in [0.1, 0.15) is 11.6 Å². The molecule has 0 aliphatic heterocycles. The van der Waals surface area contributed by atoms with Crippen LogP contribution in [0.25, 0.3) is 0 Å². The summed E-state index contributed by atoms with van der Waals surface area (Å²) in [7, 11) is 0. The lowest BCUT2D eigenvalue weighted by molar-refractivity contribution is 0.102. The Balaban J connectivity index is 2.26. The second-order valence-electron chi connectivity index (χ2n) is 4.44. The Bertz CT molecular complexity index is 656. The topological polar surface area (TPSA) is 75.4 Å². The third-order valence-corrected chi connectivity index (χ3v) is 3.01. The van der Waals surface area contributed by atoms with Crippen molar-refractivity contribution in [2.24, 2.45) is 5.73 Å². The molecular weight excluding hydrogens is 259 g/mol. The molecule has 0 aliphatic rings. The molecule has 4 N–H and O–H groups in total. The number of para-hydroxylation sites is 1. The summed E-state index contributed by atoms with van der Waals surface area (Å²) in [6.07, 6.45) is 0. The van der Waals surface area contributed by atoms with Crippen LogP contribution in [-0.4, -0.2) is 11.0 Å². The largest absolute Gasteiger partial charge is 0.507 e. The zero-order valence-corrected chi connectivity index (χ0v) is 11.0. The summed E-state index contributed by atoms with van der Waals surface area (Å²) in [4.78, 5) is 12.1. The first kappa shape index (κ1) is 14.0. The van der Waals surface area contributed by atoms with E-state index in [4.69, 9.17) is 5.73 Å². The number of rotatable bonds is 3. The number of phenols is 1. The number of halogens is 1. The predicted molar refractivity (Wildman–Crippen MR) is 75.1 cm³/mol. The van der Waals surface area contributed by atoms with Crippen molar-refractivity contribution < 1.29 is 14.3 Å². The Kier molecular flexibility index (Phi) is 4.00. The third-order valence-electron chi connectivity index (χ3n) is 3.01. The second-order valence-corrected chi connectivity index (χ2v) is 4.44. The average Bonchev–Trinajstić information content (AvgIpc) is 2.43. The van der Waals surface area contributed by atoms with Gasteiger partial charge in [-0.05, 0) is 36.8 Å². The molecule has 1 amide bonds. The molecule has 104 valence electrons. The Hall–Kier alpha value is -2.40. The van der Waals surface area contributed by atoms with Gasteiger partial charge in [0.05, 0.1) is 5.56 Å². The van der Waals surface area contributed by atoms with Crippen LogP contribution in [-0.2, 0) is 6.54 Å². The summed E-state index contributed by atoms with van der Waals surface area (Å²) in [5, 5.41) is 12.5. The maximum atomic E-state index is 13.3. The summed E-state index contributed by atoms with van der Waals surface area (Å²) in [5.41, 5.74) is 6.94. The third kappa shape index (κ3) is 2.78. The number of aromatic hydroxyl groups is 1. The fourth-order valence-electron chi connectivity index (χ4n) is 1.85. The van der Waals surface area contributed by atoms with Crippen molar-refractivity contribution >= 4 is 11.6 Å². The van der Waals surface area contributed by atoms with Gasteiger partial charge in [0.15, 0.2) is 0 Å². The van der Waals surface area contributed by atoms with E-state index in [-0.39, 0.29) is 17.9 Å².